The molecule has 0 unspecified atom stereocenters. The van der Waals surface area contributed by atoms with Crippen LogP contribution in [0, 0.1) is 0 Å². The summed E-state index contributed by atoms with van der Waals surface area (Å²) in [7, 11) is 2.13. The normalized spacial score (nSPS) is 14.7. The van der Waals surface area contributed by atoms with Gasteiger partial charge in [0.2, 0.25) is 0 Å². The van der Waals surface area contributed by atoms with E-state index in [2.05, 4.69) is 16.8 Å². The van der Waals surface area contributed by atoms with Crippen LogP contribution in [-0.4, -0.2) is 59.9 Å². The molecular weight excluding hydrogens is 449 g/mol. The Balaban J connectivity index is 0.00000256. The lowest BCUT2D eigenvalue weighted by Gasteiger charge is -2.32. The van der Waals surface area contributed by atoms with Gasteiger partial charge in [-0.1, -0.05) is 54.6 Å². The number of ketones is 1. The van der Waals surface area contributed by atoms with Gasteiger partial charge in [-0.05, 0) is 35.9 Å². The van der Waals surface area contributed by atoms with Gasteiger partial charge in [0.05, 0.1) is 0 Å². The molecule has 1 heterocycles. The fourth-order valence-electron chi connectivity index (χ4n) is 3.33. The van der Waals surface area contributed by atoms with Crippen molar-refractivity contribution in [3.05, 3.63) is 82.9 Å². The largest absolute Gasteiger partial charge is 0.304 e. The van der Waals surface area contributed by atoms with Crippen LogP contribution in [0.15, 0.2) is 60.7 Å². The van der Waals surface area contributed by atoms with E-state index in [1.165, 1.54) is 6.08 Å². The monoisotopic (exact) mass is 477 g/mol. The average Bonchev–Trinajstić information content (AvgIpc) is 2.78. The zero-order chi connectivity index (χ0) is 21.3. The maximum absolute atomic E-state index is 12.8. The summed E-state index contributed by atoms with van der Waals surface area (Å²) in [4.78, 5) is 28.6. The fraction of sp³-hybridized carbons (Fsp3) is 0.250. The molecule has 1 amide bonds. The molecule has 6 nitrogen and oxygen atoms in total. The number of allylic oxidation sites excluding steroid dienone is 1. The number of carbonyl (C=O) groups excluding carboxylic acids is 2. The van der Waals surface area contributed by atoms with E-state index in [1.807, 2.05) is 48.5 Å². The van der Waals surface area contributed by atoms with E-state index in [0.29, 0.717) is 0 Å². The molecule has 2 aromatic rings. The number of hydrogen-bond acceptors (Lipinski definition) is 5. The average molecular weight is 478 g/mol. The predicted octanol–water partition coefficient (Wildman–Crippen LogP) is 3.69. The van der Waals surface area contributed by atoms with Crippen molar-refractivity contribution in [3.8, 4) is 0 Å². The number of halogens is 2. The van der Waals surface area contributed by atoms with Crippen molar-refractivity contribution in [1.82, 2.24) is 15.3 Å². The molecule has 0 atom stereocenters. The van der Waals surface area contributed by atoms with Crippen LogP contribution in [0.2, 0.25) is 0 Å². The van der Waals surface area contributed by atoms with Crippen molar-refractivity contribution in [1.29, 1.82) is 0 Å². The standard InChI is InChI=1S/C24H27N3O3.2ClH/c1-26-14-16-27(17-15-26)18-21-4-2-3-5-22(21)23(28)12-10-19-6-8-20(9-7-19)11-13-24(29)25-30;;/h2-13,30H,14-18H2,1H3,(H,25,29);2*1H/b12-10+,13-11+;;. The summed E-state index contributed by atoms with van der Waals surface area (Å²) < 4.78 is 0. The molecule has 1 aliphatic rings. The minimum Gasteiger partial charge on any atom is -0.304 e. The summed E-state index contributed by atoms with van der Waals surface area (Å²) in [6, 6.07) is 15.2. The topological polar surface area (TPSA) is 72.9 Å². The molecule has 1 aliphatic heterocycles. The summed E-state index contributed by atoms with van der Waals surface area (Å²) >= 11 is 0. The first-order chi connectivity index (χ1) is 14.5. The Hall–Kier alpha value is -2.48. The Morgan fingerprint density at radius 1 is 0.906 bits per heavy atom. The van der Waals surface area contributed by atoms with E-state index in [0.717, 1.165) is 55.0 Å². The molecule has 0 spiro atoms. The van der Waals surface area contributed by atoms with Gasteiger partial charge < -0.3 is 4.90 Å². The lowest BCUT2D eigenvalue weighted by Crippen LogP contribution is -2.44. The Labute approximate surface area is 201 Å². The first-order valence-electron chi connectivity index (χ1n) is 9.98. The van der Waals surface area contributed by atoms with E-state index in [4.69, 9.17) is 5.21 Å². The van der Waals surface area contributed by atoms with Crippen LogP contribution in [-0.2, 0) is 11.3 Å². The Morgan fingerprint density at radius 2 is 1.47 bits per heavy atom. The molecular formula is C24H29Cl2N3O3. The minimum absolute atomic E-state index is 0. The molecule has 8 heteroatoms. The van der Waals surface area contributed by atoms with Crippen molar-refractivity contribution in [2.75, 3.05) is 33.2 Å². The van der Waals surface area contributed by atoms with Crippen LogP contribution >= 0.6 is 24.8 Å². The summed E-state index contributed by atoms with van der Waals surface area (Å²) in [5.41, 5.74) is 5.05. The Morgan fingerprint density at radius 3 is 2.06 bits per heavy atom. The van der Waals surface area contributed by atoms with Crippen LogP contribution in [0.1, 0.15) is 27.0 Å². The van der Waals surface area contributed by atoms with Crippen molar-refractivity contribution >= 4 is 48.7 Å². The number of hydroxylamine groups is 1. The summed E-state index contributed by atoms with van der Waals surface area (Å²) in [5, 5.41) is 8.50. The summed E-state index contributed by atoms with van der Waals surface area (Å²) in [6.07, 6.45) is 6.24. The molecule has 2 N–H and O–H groups in total. The highest BCUT2D eigenvalue weighted by atomic mass is 35.5. The van der Waals surface area contributed by atoms with Gasteiger partial charge in [-0.15, -0.1) is 24.8 Å². The smallest absolute Gasteiger partial charge is 0.267 e. The second-order valence-corrected chi connectivity index (χ2v) is 7.41. The fourth-order valence-corrected chi connectivity index (χ4v) is 3.33. The maximum atomic E-state index is 12.8. The lowest BCUT2D eigenvalue weighted by atomic mass is 10.0. The van der Waals surface area contributed by atoms with Crippen LogP contribution in [0.25, 0.3) is 12.2 Å². The molecule has 0 aliphatic carbocycles. The van der Waals surface area contributed by atoms with E-state index in [9.17, 15) is 9.59 Å². The third-order valence-electron chi connectivity index (χ3n) is 5.17. The minimum atomic E-state index is -0.584. The van der Waals surface area contributed by atoms with Gasteiger partial charge in [0.15, 0.2) is 5.78 Å². The van der Waals surface area contributed by atoms with Crippen molar-refractivity contribution in [2.24, 2.45) is 0 Å². The lowest BCUT2D eigenvalue weighted by molar-refractivity contribution is -0.124. The van der Waals surface area contributed by atoms with Gasteiger partial charge in [-0.25, -0.2) is 5.48 Å². The van der Waals surface area contributed by atoms with E-state index < -0.39 is 5.91 Å². The van der Waals surface area contributed by atoms with E-state index in [1.54, 1.807) is 23.7 Å². The molecule has 0 saturated carbocycles. The zero-order valence-electron chi connectivity index (χ0n) is 17.9. The highest BCUT2D eigenvalue weighted by Crippen LogP contribution is 2.16. The van der Waals surface area contributed by atoms with Crippen LogP contribution < -0.4 is 5.48 Å². The van der Waals surface area contributed by atoms with Crippen molar-refractivity contribution in [2.45, 2.75) is 6.54 Å². The first-order valence-corrected chi connectivity index (χ1v) is 9.98. The number of rotatable bonds is 7. The van der Waals surface area contributed by atoms with Crippen molar-refractivity contribution < 1.29 is 14.8 Å². The summed E-state index contributed by atoms with van der Waals surface area (Å²) in [6.45, 7) is 4.90. The second-order valence-electron chi connectivity index (χ2n) is 7.41. The zero-order valence-corrected chi connectivity index (χ0v) is 19.6. The molecule has 3 rings (SSSR count). The molecule has 0 bridgehead atoms. The number of benzene rings is 2. The van der Waals surface area contributed by atoms with Gasteiger partial charge >= 0.3 is 0 Å². The predicted molar refractivity (Wildman–Crippen MR) is 132 cm³/mol. The highest BCUT2D eigenvalue weighted by molar-refractivity contribution is 6.07. The number of likely N-dealkylation sites (N-methyl/N-ethyl adjacent to an activating group) is 1. The molecule has 32 heavy (non-hydrogen) atoms. The van der Waals surface area contributed by atoms with Crippen LogP contribution in [0.4, 0.5) is 0 Å². The second kappa shape index (κ2) is 13.8. The molecule has 2 aromatic carbocycles. The van der Waals surface area contributed by atoms with Gasteiger partial charge in [-0.3, -0.25) is 19.7 Å². The third kappa shape index (κ3) is 8.22. The van der Waals surface area contributed by atoms with Crippen LogP contribution in [0.3, 0.4) is 0 Å². The van der Waals surface area contributed by atoms with Gasteiger partial charge in [0, 0.05) is 44.4 Å². The maximum Gasteiger partial charge on any atom is 0.267 e. The van der Waals surface area contributed by atoms with Crippen LogP contribution in [0.5, 0.6) is 0 Å². The van der Waals surface area contributed by atoms with Gasteiger partial charge in [0.1, 0.15) is 0 Å². The van der Waals surface area contributed by atoms with Gasteiger partial charge in [0.25, 0.3) is 5.91 Å². The number of nitrogens with zero attached hydrogens (tertiary/aromatic N) is 2. The van der Waals surface area contributed by atoms with E-state index >= 15 is 0 Å². The molecule has 1 saturated heterocycles. The number of nitrogens with one attached hydrogen (secondary N) is 1. The third-order valence-corrected chi connectivity index (χ3v) is 5.17. The number of hydrogen-bond donors (Lipinski definition) is 2. The Kier molecular flexibility index (Phi) is 11.9. The van der Waals surface area contributed by atoms with E-state index in [-0.39, 0.29) is 30.6 Å². The molecule has 172 valence electrons. The molecule has 1 fully saturated rings. The highest BCUT2D eigenvalue weighted by Gasteiger charge is 2.16. The first kappa shape index (κ1) is 27.6. The summed E-state index contributed by atoms with van der Waals surface area (Å²) in [5.74, 6) is -0.594. The van der Waals surface area contributed by atoms with Crippen molar-refractivity contribution in [3.63, 3.8) is 0 Å². The Bertz CT molecular complexity index is 938. The number of carbonyl (C=O) groups is 2. The van der Waals surface area contributed by atoms with Gasteiger partial charge in [-0.2, -0.15) is 0 Å². The molecule has 0 radical (unpaired) electrons. The number of amides is 1. The number of piperazine rings is 1. The molecule has 0 aromatic heterocycles. The quantitative estimate of drug-likeness (QED) is 0.275. The SMILES string of the molecule is CN1CCN(Cc2ccccc2C(=O)/C=C/c2ccc(/C=C/C(=O)NO)cc2)CC1.Cl.Cl.